The first-order chi connectivity index (χ1) is 11.1. The van der Waals surface area contributed by atoms with Crippen molar-refractivity contribution < 1.29 is 39.5 Å². The molecule has 0 aromatic rings. The van der Waals surface area contributed by atoms with E-state index in [1.54, 1.807) is 20.8 Å². The maximum Gasteiger partial charge on any atom is 0.333 e. The highest BCUT2D eigenvalue weighted by Gasteiger charge is 2.52. The molecular formula is C16H26O8. The third-order valence-electron chi connectivity index (χ3n) is 3.89. The van der Waals surface area contributed by atoms with E-state index >= 15 is 0 Å². The second kappa shape index (κ2) is 8.57. The summed E-state index contributed by atoms with van der Waals surface area (Å²) in [6.45, 7) is 6.68. The first-order valence-corrected chi connectivity index (χ1v) is 7.85. The predicted octanol–water partition coefficient (Wildman–Crippen LogP) is -0.721. The summed E-state index contributed by atoms with van der Waals surface area (Å²) in [7, 11) is 0. The van der Waals surface area contributed by atoms with E-state index in [1.807, 2.05) is 0 Å². The van der Waals surface area contributed by atoms with Crippen molar-refractivity contribution in [3.63, 3.8) is 0 Å². The summed E-state index contributed by atoms with van der Waals surface area (Å²) in [4.78, 5) is 23.8. The molecule has 8 heteroatoms. The molecule has 6 unspecified atom stereocenters. The van der Waals surface area contributed by atoms with Crippen molar-refractivity contribution in [1.82, 2.24) is 0 Å². The van der Waals surface area contributed by atoms with Gasteiger partial charge in [-0.1, -0.05) is 19.9 Å². The van der Waals surface area contributed by atoms with Gasteiger partial charge < -0.3 is 29.9 Å². The summed E-state index contributed by atoms with van der Waals surface area (Å²) in [5.74, 6) is -1.47. The first-order valence-electron chi connectivity index (χ1n) is 7.85. The number of carbonyl (C=O) groups excluding carboxylic acids is 2. The zero-order valence-electron chi connectivity index (χ0n) is 14.2. The van der Waals surface area contributed by atoms with Crippen LogP contribution >= 0.6 is 0 Å². The van der Waals surface area contributed by atoms with Gasteiger partial charge in [0.05, 0.1) is 0 Å². The summed E-state index contributed by atoms with van der Waals surface area (Å²) >= 11 is 0. The molecular weight excluding hydrogens is 320 g/mol. The Morgan fingerprint density at radius 2 is 1.42 bits per heavy atom. The van der Waals surface area contributed by atoms with Gasteiger partial charge in [-0.05, 0) is 19.8 Å². The summed E-state index contributed by atoms with van der Waals surface area (Å²) in [6, 6.07) is 0. The molecule has 1 rings (SSSR count). The van der Waals surface area contributed by atoms with Gasteiger partial charge in [-0.2, -0.15) is 0 Å². The zero-order chi connectivity index (χ0) is 18.6. The van der Waals surface area contributed by atoms with Crippen molar-refractivity contribution >= 4 is 11.9 Å². The van der Waals surface area contributed by atoms with E-state index in [-0.39, 0.29) is 17.9 Å². The monoisotopic (exact) mass is 346 g/mol. The molecule has 1 saturated carbocycles. The second-order valence-corrected chi connectivity index (χ2v) is 6.36. The Morgan fingerprint density at radius 3 is 1.83 bits per heavy atom. The lowest BCUT2D eigenvalue weighted by Gasteiger charge is -2.42. The van der Waals surface area contributed by atoms with E-state index in [1.165, 1.54) is 13.0 Å². The number of ether oxygens (including phenoxy) is 2. The van der Waals surface area contributed by atoms with Gasteiger partial charge in [0.15, 0.2) is 12.2 Å². The fourth-order valence-electron chi connectivity index (χ4n) is 2.32. The van der Waals surface area contributed by atoms with Crippen LogP contribution < -0.4 is 0 Å². The maximum absolute atomic E-state index is 11.9. The van der Waals surface area contributed by atoms with Gasteiger partial charge in [-0.3, -0.25) is 4.79 Å². The van der Waals surface area contributed by atoms with E-state index in [2.05, 4.69) is 0 Å². The number of carbonyl (C=O) groups is 2. The summed E-state index contributed by atoms with van der Waals surface area (Å²) in [5, 5.41) is 39.7. The molecule has 0 aromatic heterocycles. The topological polar surface area (TPSA) is 134 Å². The van der Waals surface area contributed by atoms with Gasteiger partial charge in [-0.25, -0.2) is 4.79 Å². The Kier molecular flexibility index (Phi) is 7.34. The molecule has 0 amide bonds. The highest BCUT2D eigenvalue weighted by atomic mass is 16.6. The minimum atomic E-state index is -1.75. The molecule has 0 aliphatic heterocycles. The summed E-state index contributed by atoms with van der Waals surface area (Å²) < 4.78 is 10.2. The largest absolute Gasteiger partial charge is 0.455 e. The number of rotatable bonds is 5. The number of hydrogen-bond donors (Lipinski definition) is 4. The van der Waals surface area contributed by atoms with Gasteiger partial charge >= 0.3 is 11.9 Å². The van der Waals surface area contributed by atoms with Crippen molar-refractivity contribution in [3.8, 4) is 0 Å². The molecule has 6 atom stereocenters. The van der Waals surface area contributed by atoms with Gasteiger partial charge in [0.2, 0.25) is 0 Å². The Hall–Kier alpha value is -1.48. The Bertz CT molecular complexity index is 486. The van der Waals surface area contributed by atoms with Crippen LogP contribution in [0.3, 0.4) is 0 Å². The highest BCUT2D eigenvalue weighted by molar-refractivity contribution is 5.87. The molecule has 1 aliphatic carbocycles. The third kappa shape index (κ3) is 4.76. The zero-order valence-corrected chi connectivity index (χ0v) is 14.2. The number of esters is 2. The lowest BCUT2D eigenvalue weighted by atomic mass is 9.84. The van der Waals surface area contributed by atoms with E-state index in [4.69, 9.17) is 9.47 Å². The van der Waals surface area contributed by atoms with Crippen molar-refractivity contribution in [2.75, 3.05) is 0 Å². The lowest BCUT2D eigenvalue weighted by molar-refractivity contribution is -0.240. The van der Waals surface area contributed by atoms with Gasteiger partial charge in [0, 0.05) is 12.0 Å². The number of hydrogen-bond acceptors (Lipinski definition) is 8. The number of aliphatic hydroxyl groups excluding tert-OH is 4. The van der Waals surface area contributed by atoms with Crippen LogP contribution in [0, 0.1) is 5.92 Å². The van der Waals surface area contributed by atoms with Crippen LogP contribution in [0.5, 0.6) is 0 Å². The van der Waals surface area contributed by atoms with E-state index in [9.17, 15) is 30.0 Å². The average Bonchev–Trinajstić information content (AvgIpc) is 2.52. The molecule has 0 radical (unpaired) electrons. The average molecular weight is 346 g/mol. The lowest BCUT2D eigenvalue weighted by Crippen LogP contribution is -2.65. The fourth-order valence-corrected chi connectivity index (χ4v) is 2.32. The van der Waals surface area contributed by atoms with Crippen LogP contribution in [0.15, 0.2) is 11.6 Å². The molecule has 4 N–H and O–H groups in total. The van der Waals surface area contributed by atoms with Crippen LogP contribution in [0.4, 0.5) is 0 Å². The van der Waals surface area contributed by atoms with Crippen LogP contribution in [0.25, 0.3) is 0 Å². The van der Waals surface area contributed by atoms with Gasteiger partial charge in [0.25, 0.3) is 0 Å². The standard InChI is InChI=1S/C16H26O8/c1-5-8(4)16(22)24-15-13(21)11(19)10(18)12(20)14(15)23-9(17)6-7(2)3/h5,7,10-15,18-21H,6H2,1-4H3. The first kappa shape index (κ1) is 20.6. The Morgan fingerprint density at radius 1 is 0.958 bits per heavy atom. The molecule has 24 heavy (non-hydrogen) atoms. The molecule has 0 spiro atoms. The molecule has 0 aromatic carbocycles. The molecule has 1 fully saturated rings. The van der Waals surface area contributed by atoms with Crippen LogP contribution in [-0.4, -0.2) is 69.0 Å². The van der Waals surface area contributed by atoms with E-state index < -0.39 is 48.6 Å². The Labute approximate surface area is 140 Å². The molecule has 0 saturated heterocycles. The molecule has 138 valence electrons. The van der Waals surface area contributed by atoms with Crippen molar-refractivity contribution in [2.45, 2.75) is 70.7 Å². The third-order valence-corrected chi connectivity index (χ3v) is 3.89. The fraction of sp³-hybridized carbons (Fsp3) is 0.750. The second-order valence-electron chi connectivity index (χ2n) is 6.36. The maximum atomic E-state index is 11.9. The minimum absolute atomic E-state index is 0.00931. The molecule has 8 nitrogen and oxygen atoms in total. The number of allylic oxidation sites excluding steroid dienone is 1. The van der Waals surface area contributed by atoms with E-state index in [0.717, 1.165) is 0 Å². The van der Waals surface area contributed by atoms with Gasteiger partial charge in [0.1, 0.15) is 24.4 Å². The van der Waals surface area contributed by atoms with Crippen molar-refractivity contribution in [3.05, 3.63) is 11.6 Å². The quantitative estimate of drug-likeness (QED) is 0.378. The molecule has 0 heterocycles. The number of aliphatic hydroxyl groups is 4. The van der Waals surface area contributed by atoms with Crippen molar-refractivity contribution in [2.24, 2.45) is 5.92 Å². The predicted molar refractivity (Wildman–Crippen MR) is 82.7 cm³/mol. The van der Waals surface area contributed by atoms with Gasteiger partial charge in [-0.15, -0.1) is 0 Å². The van der Waals surface area contributed by atoms with Crippen LogP contribution in [-0.2, 0) is 19.1 Å². The highest BCUT2D eigenvalue weighted by Crippen LogP contribution is 2.27. The SMILES string of the molecule is CC=C(C)C(=O)OC1C(O)C(O)C(O)C(O)C1OC(=O)CC(C)C. The molecule has 0 bridgehead atoms. The summed E-state index contributed by atoms with van der Waals surface area (Å²) in [5.41, 5.74) is 0.240. The minimum Gasteiger partial charge on any atom is -0.455 e. The summed E-state index contributed by atoms with van der Waals surface area (Å²) in [6.07, 6.45) is -8.36. The smallest absolute Gasteiger partial charge is 0.333 e. The normalized spacial score (nSPS) is 34.1. The van der Waals surface area contributed by atoms with Crippen LogP contribution in [0.1, 0.15) is 34.1 Å². The van der Waals surface area contributed by atoms with Crippen LogP contribution in [0.2, 0.25) is 0 Å². The van der Waals surface area contributed by atoms with E-state index in [0.29, 0.717) is 0 Å². The van der Waals surface area contributed by atoms with Crippen molar-refractivity contribution in [1.29, 1.82) is 0 Å². The Balaban J connectivity index is 3.01. The molecule has 1 aliphatic rings.